The largest absolute Gasteiger partial charge is 0.494 e. The molecule has 1 heterocycles. The van der Waals surface area contributed by atoms with Gasteiger partial charge in [-0.05, 0) is 38.5 Å². The summed E-state index contributed by atoms with van der Waals surface area (Å²) < 4.78 is 24.4. The molecule has 0 radical (unpaired) electrons. The molecule has 6 heteroatoms. The number of benzene rings is 1. The number of morpholine rings is 1. The Balaban J connectivity index is 1.99. The van der Waals surface area contributed by atoms with Gasteiger partial charge in [0, 0.05) is 26.7 Å². The van der Waals surface area contributed by atoms with E-state index in [1.54, 1.807) is 24.1 Å². The first-order valence-electron chi connectivity index (χ1n) is 8.19. The van der Waals surface area contributed by atoms with Gasteiger partial charge in [0.15, 0.2) is 11.6 Å². The molecular formula is C18H27FN2O3. The number of halogens is 1. The molecule has 1 aliphatic rings. The van der Waals surface area contributed by atoms with Crippen molar-refractivity contribution in [1.82, 2.24) is 9.80 Å². The molecule has 1 aromatic rings. The van der Waals surface area contributed by atoms with E-state index < -0.39 is 5.82 Å². The fourth-order valence-electron chi connectivity index (χ4n) is 3.02. The molecule has 0 aromatic heterocycles. The highest BCUT2D eigenvalue weighted by Gasteiger charge is 2.33. The van der Waals surface area contributed by atoms with Crippen molar-refractivity contribution >= 4 is 5.91 Å². The van der Waals surface area contributed by atoms with E-state index >= 15 is 0 Å². The van der Waals surface area contributed by atoms with Gasteiger partial charge in [0.25, 0.3) is 0 Å². The van der Waals surface area contributed by atoms with Crippen LogP contribution in [0.25, 0.3) is 0 Å². The van der Waals surface area contributed by atoms with Gasteiger partial charge in [0.1, 0.15) is 0 Å². The predicted octanol–water partition coefficient (Wildman–Crippen LogP) is 2.29. The zero-order valence-electron chi connectivity index (χ0n) is 15.1. The average Bonchev–Trinajstić information content (AvgIpc) is 2.52. The van der Waals surface area contributed by atoms with E-state index in [9.17, 15) is 9.18 Å². The van der Waals surface area contributed by atoms with Crippen molar-refractivity contribution in [1.29, 1.82) is 0 Å². The highest BCUT2D eigenvalue weighted by Crippen LogP contribution is 2.21. The highest BCUT2D eigenvalue weighted by molar-refractivity contribution is 5.81. The Hall–Kier alpha value is -1.66. The third-order valence-electron chi connectivity index (χ3n) is 4.37. The Morgan fingerprint density at radius 1 is 1.50 bits per heavy atom. The van der Waals surface area contributed by atoms with Gasteiger partial charge in [0.2, 0.25) is 5.91 Å². The van der Waals surface area contributed by atoms with Crippen LogP contribution in [-0.2, 0) is 16.1 Å². The van der Waals surface area contributed by atoms with E-state index in [2.05, 4.69) is 4.90 Å². The molecule has 1 atom stereocenters. The van der Waals surface area contributed by atoms with Crippen LogP contribution in [0.1, 0.15) is 26.3 Å². The van der Waals surface area contributed by atoms with Crippen LogP contribution in [-0.4, -0.2) is 61.2 Å². The molecule has 1 fully saturated rings. The molecule has 134 valence electrons. The summed E-state index contributed by atoms with van der Waals surface area (Å²) in [4.78, 5) is 16.5. The lowest BCUT2D eigenvalue weighted by molar-refractivity contribution is -0.142. The summed E-state index contributed by atoms with van der Waals surface area (Å²) in [6, 6.07) is 4.53. The van der Waals surface area contributed by atoms with Gasteiger partial charge in [-0.3, -0.25) is 9.69 Å². The molecule has 0 bridgehead atoms. The Morgan fingerprint density at radius 2 is 2.21 bits per heavy atom. The minimum absolute atomic E-state index is 0.0175. The second kappa shape index (κ2) is 7.49. The van der Waals surface area contributed by atoms with Crippen molar-refractivity contribution in [2.24, 2.45) is 0 Å². The van der Waals surface area contributed by atoms with Gasteiger partial charge in [-0.2, -0.15) is 0 Å². The SMILES string of the molecule is COc1ccc(CN(C)C(=O)C(C)N2CCOC(C)(C)C2)cc1F. The molecule has 1 saturated heterocycles. The maximum atomic E-state index is 13.8. The monoisotopic (exact) mass is 338 g/mol. The second-order valence-corrected chi connectivity index (χ2v) is 6.92. The zero-order chi connectivity index (χ0) is 17.9. The number of methoxy groups -OCH3 is 1. The van der Waals surface area contributed by atoms with Crippen molar-refractivity contribution in [3.63, 3.8) is 0 Å². The molecule has 1 unspecified atom stereocenters. The number of carbonyl (C=O) groups is 1. The normalized spacial score (nSPS) is 18.9. The van der Waals surface area contributed by atoms with Crippen LogP contribution in [0, 0.1) is 5.82 Å². The average molecular weight is 338 g/mol. The van der Waals surface area contributed by atoms with Crippen LogP contribution in [0.5, 0.6) is 5.75 Å². The van der Waals surface area contributed by atoms with E-state index in [0.29, 0.717) is 19.7 Å². The number of hydrogen-bond acceptors (Lipinski definition) is 4. The van der Waals surface area contributed by atoms with E-state index in [4.69, 9.17) is 9.47 Å². The minimum Gasteiger partial charge on any atom is -0.494 e. The Morgan fingerprint density at radius 3 is 2.79 bits per heavy atom. The molecule has 24 heavy (non-hydrogen) atoms. The quantitative estimate of drug-likeness (QED) is 0.826. The first-order chi connectivity index (χ1) is 11.2. The minimum atomic E-state index is -0.418. The van der Waals surface area contributed by atoms with Gasteiger partial charge >= 0.3 is 0 Å². The van der Waals surface area contributed by atoms with Crippen molar-refractivity contribution in [3.8, 4) is 5.75 Å². The summed E-state index contributed by atoms with van der Waals surface area (Å²) in [5.41, 5.74) is 0.489. The molecule has 1 aliphatic heterocycles. The van der Waals surface area contributed by atoms with Crippen molar-refractivity contribution in [3.05, 3.63) is 29.6 Å². The fraction of sp³-hybridized carbons (Fsp3) is 0.611. The zero-order valence-corrected chi connectivity index (χ0v) is 15.1. The van der Waals surface area contributed by atoms with Crippen LogP contribution in [0.4, 0.5) is 4.39 Å². The summed E-state index contributed by atoms with van der Waals surface area (Å²) in [5, 5.41) is 0. The number of nitrogens with zero attached hydrogens (tertiary/aromatic N) is 2. The van der Waals surface area contributed by atoms with Crippen LogP contribution in [0.2, 0.25) is 0 Å². The second-order valence-electron chi connectivity index (χ2n) is 6.92. The molecule has 0 aliphatic carbocycles. The molecule has 0 saturated carbocycles. The number of carbonyl (C=O) groups excluding carboxylic acids is 1. The van der Waals surface area contributed by atoms with E-state index in [0.717, 1.165) is 12.1 Å². The van der Waals surface area contributed by atoms with Crippen molar-refractivity contribution in [2.75, 3.05) is 33.9 Å². The summed E-state index contributed by atoms with van der Waals surface area (Å²) >= 11 is 0. The lowest BCUT2D eigenvalue weighted by Crippen LogP contribution is -2.55. The van der Waals surface area contributed by atoms with Gasteiger partial charge in [-0.25, -0.2) is 4.39 Å². The van der Waals surface area contributed by atoms with Crippen LogP contribution in [0.15, 0.2) is 18.2 Å². The molecule has 1 aromatic carbocycles. The summed E-state index contributed by atoms with van der Waals surface area (Å²) in [6.45, 7) is 8.40. The van der Waals surface area contributed by atoms with Gasteiger partial charge in [0.05, 0.1) is 25.4 Å². The number of ether oxygens (including phenoxy) is 2. The van der Waals surface area contributed by atoms with E-state index in [-0.39, 0.29) is 23.3 Å². The topological polar surface area (TPSA) is 42.0 Å². The fourth-order valence-corrected chi connectivity index (χ4v) is 3.02. The number of amides is 1. The Bertz CT molecular complexity index is 592. The third kappa shape index (κ3) is 4.45. The van der Waals surface area contributed by atoms with Crippen LogP contribution >= 0.6 is 0 Å². The van der Waals surface area contributed by atoms with Crippen LogP contribution in [0.3, 0.4) is 0 Å². The first kappa shape index (κ1) is 18.7. The molecular weight excluding hydrogens is 311 g/mol. The summed E-state index contributed by atoms with van der Waals surface area (Å²) in [5.74, 6) is -0.195. The van der Waals surface area contributed by atoms with E-state index in [1.165, 1.54) is 13.2 Å². The summed E-state index contributed by atoms with van der Waals surface area (Å²) in [7, 11) is 3.17. The number of hydrogen-bond donors (Lipinski definition) is 0. The predicted molar refractivity (Wildman–Crippen MR) is 90.5 cm³/mol. The summed E-state index contributed by atoms with van der Waals surface area (Å²) in [6.07, 6.45) is 0. The van der Waals surface area contributed by atoms with Gasteiger partial charge in [-0.15, -0.1) is 0 Å². The Kier molecular flexibility index (Phi) is 5.83. The maximum absolute atomic E-state index is 13.8. The Labute approximate surface area is 143 Å². The molecule has 0 spiro atoms. The third-order valence-corrected chi connectivity index (χ3v) is 4.37. The van der Waals surface area contributed by atoms with Crippen molar-refractivity contribution in [2.45, 2.75) is 39.0 Å². The first-order valence-corrected chi connectivity index (χ1v) is 8.19. The van der Waals surface area contributed by atoms with Gasteiger partial charge < -0.3 is 14.4 Å². The van der Waals surface area contributed by atoms with E-state index in [1.807, 2.05) is 20.8 Å². The van der Waals surface area contributed by atoms with Crippen molar-refractivity contribution < 1.29 is 18.7 Å². The highest BCUT2D eigenvalue weighted by atomic mass is 19.1. The molecule has 1 amide bonds. The lowest BCUT2D eigenvalue weighted by Gasteiger charge is -2.41. The standard InChI is InChI=1S/C18H27FN2O3/c1-13(21-8-9-24-18(2,3)12-21)17(22)20(4)11-14-6-7-16(23-5)15(19)10-14/h6-7,10,13H,8-9,11-12H2,1-5H3. The number of likely N-dealkylation sites (N-methyl/N-ethyl adjacent to an activating group) is 1. The van der Waals surface area contributed by atoms with Gasteiger partial charge in [-0.1, -0.05) is 6.07 Å². The maximum Gasteiger partial charge on any atom is 0.239 e. The van der Waals surface area contributed by atoms with Crippen LogP contribution < -0.4 is 4.74 Å². The molecule has 5 nitrogen and oxygen atoms in total. The molecule has 2 rings (SSSR count). The lowest BCUT2D eigenvalue weighted by atomic mass is 10.1. The smallest absolute Gasteiger partial charge is 0.239 e. The number of rotatable bonds is 5. The molecule has 0 N–H and O–H groups in total.